The first-order valence-electron chi connectivity index (χ1n) is 9.52. The van der Waals surface area contributed by atoms with Crippen LogP contribution in [-0.4, -0.2) is 17.9 Å². The van der Waals surface area contributed by atoms with Gasteiger partial charge in [-0.25, -0.2) is 0 Å². The smallest absolute Gasteiger partial charge is 0.259 e. The highest BCUT2D eigenvalue weighted by Crippen LogP contribution is 2.21. The fourth-order valence-electron chi connectivity index (χ4n) is 2.79. The summed E-state index contributed by atoms with van der Waals surface area (Å²) in [6, 6.07) is 23.6. The largest absolute Gasteiger partial charge is 0.490 e. The van der Waals surface area contributed by atoms with Crippen LogP contribution in [0.4, 0.5) is 5.69 Å². The summed E-state index contributed by atoms with van der Waals surface area (Å²) >= 11 is 0. The van der Waals surface area contributed by atoms with Gasteiger partial charge in [-0.1, -0.05) is 42.5 Å². The minimum Gasteiger partial charge on any atom is -0.490 e. The second-order valence-electron chi connectivity index (χ2n) is 6.86. The third-order valence-corrected chi connectivity index (χ3v) is 4.20. The third kappa shape index (κ3) is 5.69. The van der Waals surface area contributed by atoms with E-state index in [1.807, 2.05) is 50.2 Å². The molecule has 0 aliphatic carbocycles. The van der Waals surface area contributed by atoms with Crippen molar-refractivity contribution in [3.05, 3.63) is 95.6 Å². The van der Waals surface area contributed by atoms with Crippen LogP contribution in [-0.2, 0) is 6.54 Å². The molecule has 3 aromatic carbocycles. The number of amides is 2. The molecule has 148 valence electrons. The van der Waals surface area contributed by atoms with Gasteiger partial charge in [0.1, 0.15) is 5.75 Å². The molecular weight excluding hydrogens is 364 g/mol. The summed E-state index contributed by atoms with van der Waals surface area (Å²) < 4.78 is 5.70. The number of benzene rings is 3. The zero-order valence-corrected chi connectivity index (χ0v) is 16.5. The van der Waals surface area contributed by atoms with Crippen molar-refractivity contribution < 1.29 is 14.3 Å². The molecule has 0 bridgehead atoms. The van der Waals surface area contributed by atoms with E-state index in [0.717, 1.165) is 5.56 Å². The monoisotopic (exact) mass is 388 g/mol. The van der Waals surface area contributed by atoms with Gasteiger partial charge in [0.05, 0.1) is 11.7 Å². The zero-order valence-electron chi connectivity index (χ0n) is 16.5. The van der Waals surface area contributed by atoms with Crippen molar-refractivity contribution in [1.29, 1.82) is 0 Å². The maximum atomic E-state index is 12.6. The summed E-state index contributed by atoms with van der Waals surface area (Å²) in [6.45, 7) is 4.29. The van der Waals surface area contributed by atoms with Gasteiger partial charge in [-0.05, 0) is 55.8 Å². The standard InChI is InChI=1S/C24H24N2O3/c1-17(2)29-22-11-7-6-10-21(22)24(28)26-20-14-12-19(13-15-20)23(27)25-16-18-8-4-3-5-9-18/h3-15,17H,16H2,1-2H3,(H,25,27)(H,26,28). The first kappa shape index (κ1) is 20.1. The lowest BCUT2D eigenvalue weighted by Crippen LogP contribution is -2.22. The molecule has 0 aromatic heterocycles. The van der Waals surface area contributed by atoms with Crippen molar-refractivity contribution in [2.75, 3.05) is 5.32 Å². The second-order valence-corrected chi connectivity index (χ2v) is 6.86. The van der Waals surface area contributed by atoms with Crippen LogP contribution in [0.5, 0.6) is 5.75 Å². The predicted molar refractivity (Wildman–Crippen MR) is 114 cm³/mol. The minimum absolute atomic E-state index is 0.0300. The Labute approximate surface area is 170 Å². The van der Waals surface area contributed by atoms with E-state index >= 15 is 0 Å². The van der Waals surface area contributed by atoms with Gasteiger partial charge < -0.3 is 15.4 Å². The summed E-state index contributed by atoms with van der Waals surface area (Å²) in [5.41, 5.74) is 2.63. The van der Waals surface area contributed by atoms with Crippen LogP contribution in [0.1, 0.15) is 40.1 Å². The summed E-state index contributed by atoms with van der Waals surface area (Å²) in [4.78, 5) is 24.9. The Kier molecular flexibility index (Phi) is 6.63. The molecule has 0 saturated carbocycles. The highest BCUT2D eigenvalue weighted by Gasteiger charge is 2.14. The Morgan fingerprint density at radius 1 is 0.828 bits per heavy atom. The van der Waals surface area contributed by atoms with Gasteiger partial charge in [-0.3, -0.25) is 9.59 Å². The molecule has 0 fully saturated rings. The van der Waals surface area contributed by atoms with E-state index in [1.54, 1.807) is 42.5 Å². The van der Waals surface area contributed by atoms with Crippen LogP contribution in [0.15, 0.2) is 78.9 Å². The van der Waals surface area contributed by atoms with Crippen molar-refractivity contribution in [1.82, 2.24) is 5.32 Å². The average molecular weight is 388 g/mol. The lowest BCUT2D eigenvalue weighted by atomic mass is 10.1. The molecule has 2 N–H and O–H groups in total. The maximum absolute atomic E-state index is 12.6. The molecule has 0 unspecified atom stereocenters. The highest BCUT2D eigenvalue weighted by molar-refractivity contribution is 6.06. The topological polar surface area (TPSA) is 67.4 Å². The van der Waals surface area contributed by atoms with Crippen LogP contribution >= 0.6 is 0 Å². The fourth-order valence-corrected chi connectivity index (χ4v) is 2.79. The molecule has 0 radical (unpaired) electrons. The first-order chi connectivity index (χ1) is 14.0. The van der Waals surface area contributed by atoms with E-state index in [4.69, 9.17) is 4.74 Å². The number of anilines is 1. The molecule has 0 atom stereocenters. The van der Waals surface area contributed by atoms with Gasteiger partial charge in [0, 0.05) is 17.8 Å². The van der Waals surface area contributed by atoms with E-state index in [2.05, 4.69) is 10.6 Å². The molecule has 2 amide bonds. The minimum atomic E-state index is -0.262. The van der Waals surface area contributed by atoms with E-state index in [9.17, 15) is 9.59 Å². The molecule has 0 saturated heterocycles. The lowest BCUT2D eigenvalue weighted by molar-refractivity contribution is 0.0950. The normalized spacial score (nSPS) is 10.4. The van der Waals surface area contributed by atoms with Crippen molar-refractivity contribution in [2.24, 2.45) is 0 Å². The number of carbonyl (C=O) groups is 2. The van der Waals surface area contributed by atoms with Crippen LogP contribution < -0.4 is 15.4 Å². The Hall–Kier alpha value is -3.60. The van der Waals surface area contributed by atoms with Crippen molar-refractivity contribution in [3.63, 3.8) is 0 Å². The van der Waals surface area contributed by atoms with E-state index < -0.39 is 0 Å². The van der Waals surface area contributed by atoms with Gasteiger partial charge in [0.25, 0.3) is 11.8 Å². The number of hydrogen-bond donors (Lipinski definition) is 2. The molecule has 0 aliphatic heterocycles. The molecule has 29 heavy (non-hydrogen) atoms. The number of rotatable bonds is 7. The molecule has 0 spiro atoms. The predicted octanol–water partition coefficient (Wildman–Crippen LogP) is 4.66. The lowest BCUT2D eigenvalue weighted by Gasteiger charge is -2.14. The van der Waals surface area contributed by atoms with Gasteiger partial charge in [-0.2, -0.15) is 0 Å². The summed E-state index contributed by atoms with van der Waals surface area (Å²) in [7, 11) is 0. The molecule has 0 heterocycles. The number of hydrogen-bond acceptors (Lipinski definition) is 3. The Morgan fingerprint density at radius 2 is 1.48 bits per heavy atom. The molecule has 5 heteroatoms. The fraction of sp³-hybridized carbons (Fsp3) is 0.167. The molecule has 3 rings (SSSR count). The van der Waals surface area contributed by atoms with E-state index in [-0.39, 0.29) is 17.9 Å². The molecule has 0 aliphatic rings. The van der Waals surface area contributed by atoms with Gasteiger partial charge in [-0.15, -0.1) is 0 Å². The average Bonchev–Trinajstić information content (AvgIpc) is 2.73. The van der Waals surface area contributed by atoms with Gasteiger partial charge >= 0.3 is 0 Å². The summed E-state index contributed by atoms with van der Waals surface area (Å²) in [6.07, 6.45) is -0.0300. The maximum Gasteiger partial charge on any atom is 0.259 e. The van der Waals surface area contributed by atoms with Crippen LogP contribution in [0.3, 0.4) is 0 Å². The zero-order chi connectivity index (χ0) is 20.6. The Bertz CT molecular complexity index is 967. The number of ether oxygens (including phenoxy) is 1. The number of nitrogens with one attached hydrogen (secondary N) is 2. The molecule has 5 nitrogen and oxygen atoms in total. The van der Waals surface area contributed by atoms with Crippen molar-refractivity contribution >= 4 is 17.5 Å². The van der Waals surface area contributed by atoms with Crippen molar-refractivity contribution in [2.45, 2.75) is 26.5 Å². The SMILES string of the molecule is CC(C)Oc1ccccc1C(=O)Nc1ccc(C(=O)NCc2ccccc2)cc1. The third-order valence-electron chi connectivity index (χ3n) is 4.20. The molecule has 3 aromatic rings. The van der Waals surface area contributed by atoms with Crippen LogP contribution in [0.25, 0.3) is 0 Å². The van der Waals surface area contributed by atoms with Gasteiger partial charge in [0.15, 0.2) is 0 Å². The first-order valence-corrected chi connectivity index (χ1v) is 9.52. The van der Waals surface area contributed by atoms with Crippen LogP contribution in [0.2, 0.25) is 0 Å². The second kappa shape index (κ2) is 9.55. The quantitative estimate of drug-likeness (QED) is 0.619. The van der Waals surface area contributed by atoms with E-state index in [0.29, 0.717) is 29.1 Å². The van der Waals surface area contributed by atoms with Gasteiger partial charge in [0.2, 0.25) is 0 Å². The van der Waals surface area contributed by atoms with Crippen LogP contribution in [0, 0.1) is 0 Å². The van der Waals surface area contributed by atoms with Crippen molar-refractivity contribution in [3.8, 4) is 5.75 Å². The Balaban J connectivity index is 1.62. The Morgan fingerprint density at radius 3 is 2.17 bits per heavy atom. The number of para-hydroxylation sites is 1. The summed E-state index contributed by atoms with van der Waals surface area (Å²) in [5.74, 6) is 0.113. The number of carbonyl (C=O) groups excluding carboxylic acids is 2. The van der Waals surface area contributed by atoms with E-state index in [1.165, 1.54) is 0 Å². The highest BCUT2D eigenvalue weighted by atomic mass is 16.5. The molecular formula is C24H24N2O3. The summed E-state index contributed by atoms with van der Waals surface area (Å²) in [5, 5.41) is 5.73.